The average molecular weight is 280 g/mol. The molecule has 20 heavy (non-hydrogen) atoms. The number of aryl methyl sites for hydroxylation is 1. The van der Waals surface area contributed by atoms with Crippen LogP contribution in [0, 0.1) is 0 Å². The zero-order chi connectivity index (χ0) is 14.4. The Kier molecular flexibility index (Phi) is 6.01. The first-order valence-electron chi connectivity index (χ1n) is 7.70. The van der Waals surface area contributed by atoms with Crippen molar-refractivity contribution in [2.75, 3.05) is 40.3 Å². The molecule has 1 aliphatic rings. The SMILES string of the molecule is CN(C)C1CCN(CCCc2nccn2CCO)CC1. The summed E-state index contributed by atoms with van der Waals surface area (Å²) in [6, 6.07) is 0.759. The number of hydrogen-bond donors (Lipinski definition) is 1. The number of aliphatic hydroxyl groups is 1. The van der Waals surface area contributed by atoms with E-state index in [2.05, 4.69) is 33.4 Å². The summed E-state index contributed by atoms with van der Waals surface area (Å²) in [5, 5.41) is 9.00. The topological polar surface area (TPSA) is 44.5 Å². The van der Waals surface area contributed by atoms with Crippen LogP contribution in [0.25, 0.3) is 0 Å². The third-order valence-corrected chi connectivity index (χ3v) is 4.30. The van der Waals surface area contributed by atoms with E-state index in [0.717, 1.165) is 31.3 Å². The first kappa shape index (κ1) is 15.5. The first-order valence-corrected chi connectivity index (χ1v) is 7.70. The van der Waals surface area contributed by atoms with Crippen molar-refractivity contribution >= 4 is 0 Å². The molecule has 0 atom stereocenters. The van der Waals surface area contributed by atoms with Crippen molar-refractivity contribution in [1.82, 2.24) is 19.4 Å². The molecule has 0 amide bonds. The molecule has 0 spiro atoms. The minimum Gasteiger partial charge on any atom is -0.395 e. The van der Waals surface area contributed by atoms with Gasteiger partial charge < -0.3 is 19.5 Å². The molecular formula is C15H28N4O. The Morgan fingerprint density at radius 3 is 2.70 bits per heavy atom. The van der Waals surface area contributed by atoms with Crippen LogP contribution in [0.1, 0.15) is 25.1 Å². The van der Waals surface area contributed by atoms with Gasteiger partial charge in [0.15, 0.2) is 0 Å². The Balaban J connectivity index is 1.68. The summed E-state index contributed by atoms with van der Waals surface area (Å²) in [4.78, 5) is 9.30. The molecule has 0 saturated carbocycles. The summed E-state index contributed by atoms with van der Waals surface area (Å²) in [7, 11) is 4.36. The maximum absolute atomic E-state index is 9.00. The van der Waals surface area contributed by atoms with Gasteiger partial charge in [0.25, 0.3) is 0 Å². The van der Waals surface area contributed by atoms with Gasteiger partial charge in [0.1, 0.15) is 5.82 Å². The highest BCUT2D eigenvalue weighted by molar-refractivity contribution is 4.92. The number of rotatable bonds is 7. The van der Waals surface area contributed by atoms with Gasteiger partial charge in [0.05, 0.1) is 6.61 Å². The van der Waals surface area contributed by atoms with Crippen molar-refractivity contribution in [3.63, 3.8) is 0 Å². The molecule has 0 unspecified atom stereocenters. The van der Waals surface area contributed by atoms with Crippen LogP contribution in [0.2, 0.25) is 0 Å². The second-order valence-electron chi connectivity index (χ2n) is 5.90. The average Bonchev–Trinajstić information content (AvgIpc) is 2.87. The van der Waals surface area contributed by atoms with Gasteiger partial charge in [-0.3, -0.25) is 0 Å². The maximum atomic E-state index is 9.00. The van der Waals surface area contributed by atoms with E-state index in [0.29, 0.717) is 6.54 Å². The van der Waals surface area contributed by atoms with Gasteiger partial charge in [0.2, 0.25) is 0 Å². The van der Waals surface area contributed by atoms with Gasteiger partial charge in [-0.1, -0.05) is 0 Å². The number of imidazole rings is 1. The van der Waals surface area contributed by atoms with E-state index in [4.69, 9.17) is 5.11 Å². The molecule has 0 aromatic carbocycles. The lowest BCUT2D eigenvalue weighted by atomic mass is 10.0. The third-order valence-electron chi connectivity index (χ3n) is 4.30. The lowest BCUT2D eigenvalue weighted by Crippen LogP contribution is -2.42. The number of hydrogen-bond acceptors (Lipinski definition) is 4. The molecule has 2 rings (SSSR count). The van der Waals surface area contributed by atoms with Gasteiger partial charge >= 0.3 is 0 Å². The molecule has 0 aliphatic carbocycles. The predicted molar refractivity (Wildman–Crippen MR) is 80.8 cm³/mol. The van der Waals surface area contributed by atoms with Gasteiger partial charge in [-0.15, -0.1) is 0 Å². The molecule has 1 fully saturated rings. The van der Waals surface area contributed by atoms with Crippen LogP contribution in [-0.4, -0.2) is 70.8 Å². The van der Waals surface area contributed by atoms with Crippen molar-refractivity contribution in [1.29, 1.82) is 0 Å². The van der Waals surface area contributed by atoms with Gasteiger partial charge in [0, 0.05) is 31.4 Å². The van der Waals surface area contributed by atoms with Crippen LogP contribution in [0.5, 0.6) is 0 Å². The second-order valence-corrected chi connectivity index (χ2v) is 5.90. The van der Waals surface area contributed by atoms with E-state index in [1.807, 2.05) is 12.4 Å². The van der Waals surface area contributed by atoms with Crippen molar-refractivity contribution in [3.8, 4) is 0 Å². The fraction of sp³-hybridized carbons (Fsp3) is 0.800. The van der Waals surface area contributed by atoms with Crippen LogP contribution in [0.4, 0.5) is 0 Å². The largest absolute Gasteiger partial charge is 0.395 e. The smallest absolute Gasteiger partial charge is 0.108 e. The molecule has 114 valence electrons. The molecule has 1 saturated heterocycles. The molecule has 1 aliphatic heterocycles. The normalized spacial score (nSPS) is 18.0. The Morgan fingerprint density at radius 2 is 2.05 bits per heavy atom. The summed E-state index contributed by atoms with van der Waals surface area (Å²) in [5.74, 6) is 1.10. The monoisotopic (exact) mass is 280 g/mol. The molecule has 1 aromatic rings. The fourth-order valence-corrected chi connectivity index (χ4v) is 3.00. The molecule has 1 N–H and O–H groups in total. The molecule has 1 aromatic heterocycles. The number of nitrogens with zero attached hydrogens (tertiary/aromatic N) is 4. The van der Waals surface area contributed by atoms with Crippen LogP contribution in [0.15, 0.2) is 12.4 Å². The highest BCUT2D eigenvalue weighted by Crippen LogP contribution is 2.14. The van der Waals surface area contributed by atoms with E-state index >= 15 is 0 Å². The molecule has 5 heteroatoms. The number of aromatic nitrogens is 2. The number of likely N-dealkylation sites (tertiary alicyclic amines) is 1. The molecule has 5 nitrogen and oxygen atoms in total. The number of piperidine rings is 1. The molecule has 0 bridgehead atoms. The van der Waals surface area contributed by atoms with Gasteiger partial charge in [-0.05, 0) is 53.0 Å². The van der Waals surface area contributed by atoms with E-state index in [1.54, 1.807) is 0 Å². The van der Waals surface area contributed by atoms with E-state index in [9.17, 15) is 0 Å². The Hall–Kier alpha value is -0.910. The minimum atomic E-state index is 0.182. The molecule has 2 heterocycles. The Morgan fingerprint density at radius 1 is 1.30 bits per heavy atom. The Bertz CT molecular complexity index is 383. The van der Waals surface area contributed by atoms with E-state index in [1.165, 1.54) is 25.9 Å². The summed E-state index contributed by atoms with van der Waals surface area (Å²) in [6.07, 6.45) is 8.50. The minimum absolute atomic E-state index is 0.182. The quantitative estimate of drug-likeness (QED) is 0.804. The summed E-state index contributed by atoms with van der Waals surface area (Å²) >= 11 is 0. The summed E-state index contributed by atoms with van der Waals surface area (Å²) in [6.45, 7) is 4.43. The Labute approximate surface area is 122 Å². The predicted octanol–water partition coefficient (Wildman–Crippen LogP) is 0.834. The second kappa shape index (κ2) is 7.76. The lowest BCUT2D eigenvalue weighted by Gasteiger charge is -2.35. The summed E-state index contributed by atoms with van der Waals surface area (Å²) < 4.78 is 2.05. The van der Waals surface area contributed by atoms with Crippen molar-refractivity contribution in [3.05, 3.63) is 18.2 Å². The van der Waals surface area contributed by atoms with Crippen LogP contribution < -0.4 is 0 Å². The third kappa shape index (κ3) is 4.30. The number of aliphatic hydroxyl groups excluding tert-OH is 1. The van der Waals surface area contributed by atoms with Crippen molar-refractivity contribution < 1.29 is 5.11 Å². The molecule has 0 radical (unpaired) electrons. The summed E-state index contributed by atoms with van der Waals surface area (Å²) in [5.41, 5.74) is 0. The van der Waals surface area contributed by atoms with Crippen LogP contribution in [0.3, 0.4) is 0 Å². The fourth-order valence-electron chi connectivity index (χ4n) is 3.00. The zero-order valence-corrected chi connectivity index (χ0v) is 12.8. The van der Waals surface area contributed by atoms with Gasteiger partial charge in [-0.25, -0.2) is 4.98 Å². The first-order chi connectivity index (χ1) is 9.70. The highest BCUT2D eigenvalue weighted by Gasteiger charge is 2.20. The lowest BCUT2D eigenvalue weighted by molar-refractivity contribution is 0.144. The van der Waals surface area contributed by atoms with Crippen molar-refractivity contribution in [2.45, 2.75) is 38.3 Å². The maximum Gasteiger partial charge on any atom is 0.108 e. The van der Waals surface area contributed by atoms with Crippen LogP contribution in [-0.2, 0) is 13.0 Å². The highest BCUT2D eigenvalue weighted by atomic mass is 16.3. The van der Waals surface area contributed by atoms with Crippen molar-refractivity contribution in [2.24, 2.45) is 0 Å². The van der Waals surface area contributed by atoms with Crippen LogP contribution >= 0.6 is 0 Å². The zero-order valence-electron chi connectivity index (χ0n) is 12.8. The van der Waals surface area contributed by atoms with E-state index < -0.39 is 0 Å². The standard InChI is InChI=1S/C15H28N4O/c1-17(2)14-5-9-18(10-6-14)8-3-4-15-16-7-11-19(15)12-13-20/h7,11,14,20H,3-6,8-10,12-13H2,1-2H3. The molecular weight excluding hydrogens is 252 g/mol. The van der Waals surface area contributed by atoms with E-state index in [-0.39, 0.29) is 6.61 Å². The van der Waals surface area contributed by atoms with Gasteiger partial charge in [-0.2, -0.15) is 0 Å².